The van der Waals surface area contributed by atoms with Gasteiger partial charge in [-0.25, -0.2) is 13.1 Å². The normalized spacial score (nSPS) is 11.2. The third-order valence-electron chi connectivity index (χ3n) is 3.08. The van der Waals surface area contributed by atoms with Crippen molar-refractivity contribution in [2.75, 3.05) is 13.2 Å². The molecule has 23 heavy (non-hydrogen) atoms. The molecule has 0 unspecified atom stereocenters. The number of aryl methyl sites for hydroxylation is 1. The van der Waals surface area contributed by atoms with E-state index >= 15 is 0 Å². The zero-order valence-corrected chi connectivity index (χ0v) is 13.2. The summed E-state index contributed by atoms with van der Waals surface area (Å²) in [4.78, 5) is 9.91. The minimum atomic E-state index is -3.82. The van der Waals surface area contributed by atoms with Gasteiger partial charge < -0.3 is 4.74 Å². The molecule has 0 saturated carbocycles. The second-order valence-corrected chi connectivity index (χ2v) is 6.53. The first-order valence-electron chi connectivity index (χ1n) is 6.83. The van der Waals surface area contributed by atoms with Gasteiger partial charge in [-0.1, -0.05) is 24.3 Å². The van der Waals surface area contributed by atoms with Gasteiger partial charge in [-0.3, -0.25) is 10.1 Å². The Bertz CT molecular complexity index is 805. The number of nitro benzene ring substituents is 1. The fourth-order valence-corrected chi connectivity index (χ4v) is 2.96. The number of nitrogens with one attached hydrogen (secondary N) is 1. The van der Waals surface area contributed by atoms with Gasteiger partial charge in [-0.05, 0) is 24.6 Å². The molecule has 0 aliphatic heterocycles. The van der Waals surface area contributed by atoms with E-state index in [0.29, 0.717) is 5.75 Å². The van der Waals surface area contributed by atoms with E-state index in [4.69, 9.17) is 4.74 Å². The summed E-state index contributed by atoms with van der Waals surface area (Å²) < 4.78 is 32.0. The van der Waals surface area contributed by atoms with Gasteiger partial charge in [-0.15, -0.1) is 0 Å². The summed E-state index contributed by atoms with van der Waals surface area (Å²) in [6.07, 6.45) is 0. The van der Waals surface area contributed by atoms with Crippen molar-refractivity contribution in [1.29, 1.82) is 0 Å². The first-order valence-corrected chi connectivity index (χ1v) is 8.31. The van der Waals surface area contributed by atoms with Gasteiger partial charge in [0, 0.05) is 18.7 Å². The molecule has 1 N–H and O–H groups in total. The topological polar surface area (TPSA) is 98.5 Å². The highest BCUT2D eigenvalue weighted by Crippen LogP contribution is 2.17. The quantitative estimate of drug-likeness (QED) is 0.475. The lowest BCUT2D eigenvalue weighted by molar-refractivity contribution is -0.385. The van der Waals surface area contributed by atoms with Crippen LogP contribution < -0.4 is 9.46 Å². The van der Waals surface area contributed by atoms with E-state index in [1.54, 1.807) is 6.07 Å². The van der Waals surface area contributed by atoms with Crippen LogP contribution in [-0.4, -0.2) is 26.5 Å². The van der Waals surface area contributed by atoms with Gasteiger partial charge in [0.05, 0.1) is 9.82 Å². The number of nitrogens with zero attached hydrogens (tertiary/aromatic N) is 1. The molecular weight excluding hydrogens is 320 g/mol. The van der Waals surface area contributed by atoms with Crippen LogP contribution in [0.15, 0.2) is 53.4 Å². The van der Waals surface area contributed by atoms with E-state index in [9.17, 15) is 18.5 Å². The monoisotopic (exact) mass is 336 g/mol. The fourth-order valence-electron chi connectivity index (χ4n) is 1.90. The van der Waals surface area contributed by atoms with Gasteiger partial charge >= 0.3 is 0 Å². The number of non-ortho nitro benzene ring substituents is 1. The maximum absolute atomic E-state index is 12.1. The van der Waals surface area contributed by atoms with E-state index in [-0.39, 0.29) is 23.7 Å². The molecule has 8 heteroatoms. The Hall–Kier alpha value is -2.45. The van der Waals surface area contributed by atoms with Crippen LogP contribution in [0.4, 0.5) is 5.69 Å². The van der Waals surface area contributed by atoms with Gasteiger partial charge in [0.1, 0.15) is 12.4 Å². The average Bonchev–Trinajstić information content (AvgIpc) is 2.53. The van der Waals surface area contributed by atoms with Crippen molar-refractivity contribution < 1.29 is 18.1 Å². The Labute approximate surface area is 134 Å². The Morgan fingerprint density at radius 2 is 1.91 bits per heavy atom. The molecule has 0 saturated heterocycles. The molecule has 0 bridgehead atoms. The van der Waals surface area contributed by atoms with Crippen LogP contribution in [0, 0.1) is 17.0 Å². The third kappa shape index (κ3) is 4.51. The van der Waals surface area contributed by atoms with Crippen LogP contribution in [0.2, 0.25) is 0 Å². The molecule has 0 aromatic heterocycles. The van der Waals surface area contributed by atoms with Crippen LogP contribution in [-0.2, 0) is 10.0 Å². The molecule has 0 fully saturated rings. The smallest absolute Gasteiger partial charge is 0.270 e. The third-order valence-corrected chi connectivity index (χ3v) is 4.54. The minimum absolute atomic E-state index is 0.0549. The van der Waals surface area contributed by atoms with Crippen LogP contribution in [0.25, 0.3) is 0 Å². The molecular formula is C15H16N2O5S. The van der Waals surface area contributed by atoms with Crippen molar-refractivity contribution in [2.45, 2.75) is 11.8 Å². The van der Waals surface area contributed by atoms with Gasteiger partial charge in [0.2, 0.25) is 10.0 Å². The summed E-state index contributed by atoms with van der Waals surface area (Å²) in [5.74, 6) is 0.682. The number of hydrogen-bond acceptors (Lipinski definition) is 5. The zero-order valence-electron chi connectivity index (χ0n) is 12.4. The van der Waals surface area contributed by atoms with Gasteiger partial charge in [0.25, 0.3) is 5.69 Å². The van der Waals surface area contributed by atoms with Crippen molar-refractivity contribution in [2.24, 2.45) is 0 Å². The Balaban J connectivity index is 1.95. The first-order chi connectivity index (χ1) is 10.9. The Morgan fingerprint density at radius 3 is 2.61 bits per heavy atom. The molecule has 0 aliphatic rings. The predicted octanol–water partition coefficient (Wildman–Crippen LogP) is 2.26. The SMILES string of the molecule is Cc1ccccc1OCCNS(=O)(=O)c1cccc([N+](=O)[O-])c1. The second kappa shape index (κ2) is 7.21. The largest absolute Gasteiger partial charge is 0.492 e. The molecule has 7 nitrogen and oxygen atoms in total. The van der Waals surface area contributed by atoms with Crippen LogP contribution in [0.5, 0.6) is 5.75 Å². The van der Waals surface area contributed by atoms with Crippen LogP contribution in [0.3, 0.4) is 0 Å². The summed E-state index contributed by atoms with van der Waals surface area (Å²) in [6.45, 7) is 2.10. The van der Waals surface area contributed by atoms with Crippen molar-refractivity contribution in [1.82, 2.24) is 4.72 Å². The van der Waals surface area contributed by atoms with E-state index in [2.05, 4.69) is 4.72 Å². The highest BCUT2D eigenvalue weighted by atomic mass is 32.2. The molecule has 0 radical (unpaired) electrons. The van der Waals surface area contributed by atoms with Crippen LogP contribution >= 0.6 is 0 Å². The molecule has 2 aromatic rings. The standard InChI is InChI=1S/C15H16N2O5S/c1-12-5-2-3-8-15(12)22-10-9-16-23(20,21)14-7-4-6-13(11-14)17(18)19/h2-8,11,16H,9-10H2,1H3. The minimum Gasteiger partial charge on any atom is -0.492 e. The maximum Gasteiger partial charge on any atom is 0.270 e. The molecule has 0 heterocycles. The van der Waals surface area contributed by atoms with E-state index in [1.807, 2.05) is 25.1 Å². The second-order valence-electron chi connectivity index (χ2n) is 4.77. The van der Waals surface area contributed by atoms with Crippen molar-refractivity contribution in [3.05, 3.63) is 64.2 Å². The summed E-state index contributed by atoms with van der Waals surface area (Å²) >= 11 is 0. The number of ether oxygens (including phenoxy) is 1. The lowest BCUT2D eigenvalue weighted by atomic mass is 10.2. The van der Waals surface area contributed by atoms with Crippen molar-refractivity contribution >= 4 is 15.7 Å². The van der Waals surface area contributed by atoms with Crippen molar-refractivity contribution in [3.8, 4) is 5.75 Å². The molecule has 2 rings (SSSR count). The fraction of sp³-hybridized carbons (Fsp3) is 0.200. The highest BCUT2D eigenvalue weighted by molar-refractivity contribution is 7.89. The number of hydrogen-bond donors (Lipinski definition) is 1. The molecule has 0 aliphatic carbocycles. The van der Waals surface area contributed by atoms with Crippen molar-refractivity contribution in [3.63, 3.8) is 0 Å². The lowest BCUT2D eigenvalue weighted by Gasteiger charge is -2.10. The highest BCUT2D eigenvalue weighted by Gasteiger charge is 2.17. The molecule has 0 amide bonds. The van der Waals surface area contributed by atoms with E-state index < -0.39 is 14.9 Å². The summed E-state index contributed by atoms with van der Waals surface area (Å²) in [5.41, 5.74) is 0.679. The summed E-state index contributed by atoms with van der Waals surface area (Å²) in [5, 5.41) is 10.7. The van der Waals surface area contributed by atoms with Gasteiger partial charge in [0.15, 0.2) is 0 Å². The lowest BCUT2D eigenvalue weighted by Crippen LogP contribution is -2.28. The Morgan fingerprint density at radius 1 is 1.17 bits per heavy atom. The molecule has 0 spiro atoms. The number of para-hydroxylation sites is 1. The number of sulfonamides is 1. The maximum atomic E-state index is 12.1. The van der Waals surface area contributed by atoms with E-state index in [0.717, 1.165) is 11.6 Å². The first kappa shape index (κ1) is 16.9. The number of rotatable bonds is 7. The average molecular weight is 336 g/mol. The molecule has 122 valence electrons. The van der Waals surface area contributed by atoms with E-state index in [1.165, 1.54) is 18.2 Å². The molecule has 2 aromatic carbocycles. The number of nitro groups is 1. The summed E-state index contributed by atoms with van der Waals surface area (Å²) in [7, 11) is -3.82. The zero-order chi connectivity index (χ0) is 16.9. The molecule has 0 atom stereocenters. The number of benzene rings is 2. The van der Waals surface area contributed by atoms with Crippen LogP contribution in [0.1, 0.15) is 5.56 Å². The predicted molar refractivity (Wildman–Crippen MR) is 85.0 cm³/mol. The summed E-state index contributed by atoms with van der Waals surface area (Å²) in [6, 6.07) is 12.3. The van der Waals surface area contributed by atoms with Gasteiger partial charge in [-0.2, -0.15) is 0 Å². The Kier molecular flexibility index (Phi) is 5.30.